The molecular weight excluding hydrogens is 183 g/mol. The second-order valence-electron chi connectivity index (χ2n) is 3.25. The van der Waals surface area contributed by atoms with Gasteiger partial charge in [-0.1, -0.05) is 0 Å². The Bertz CT molecular complexity index is 310. The highest BCUT2D eigenvalue weighted by Gasteiger charge is 2.09. The molecule has 0 fully saturated rings. The van der Waals surface area contributed by atoms with Gasteiger partial charge in [0.15, 0.2) is 0 Å². The van der Waals surface area contributed by atoms with Gasteiger partial charge in [-0.15, -0.1) is 0 Å². The molecule has 1 rings (SSSR count). The molecule has 0 aliphatic heterocycles. The Morgan fingerprint density at radius 2 is 2.14 bits per heavy atom. The molecule has 2 nitrogen and oxygen atoms in total. The molecule has 0 aliphatic rings. The molecule has 0 saturated carbocycles. The number of aliphatic hydroxyl groups excluding tert-OH is 1. The Hall–Kier alpha value is -1.09. The number of aryl methyl sites for hydroxylation is 1. The maximum atomic E-state index is 13.5. The molecule has 1 aromatic rings. The highest BCUT2D eigenvalue weighted by atomic mass is 19.1. The molecule has 1 N–H and O–H groups in total. The van der Waals surface area contributed by atoms with Gasteiger partial charge >= 0.3 is 0 Å². The van der Waals surface area contributed by atoms with Crippen LogP contribution < -0.4 is 4.74 Å². The summed E-state index contributed by atoms with van der Waals surface area (Å²) in [4.78, 5) is 0. The lowest BCUT2D eigenvalue weighted by molar-refractivity contribution is 0.287. The first-order chi connectivity index (χ1) is 6.69. The van der Waals surface area contributed by atoms with Gasteiger partial charge in [0.25, 0.3) is 0 Å². The summed E-state index contributed by atoms with van der Waals surface area (Å²) in [6, 6.07) is 3.28. The molecule has 0 heterocycles. The summed E-state index contributed by atoms with van der Waals surface area (Å²) >= 11 is 0. The fourth-order valence-corrected chi connectivity index (χ4v) is 1.42. The third kappa shape index (κ3) is 2.45. The Morgan fingerprint density at radius 3 is 2.71 bits per heavy atom. The molecule has 3 heteroatoms. The van der Waals surface area contributed by atoms with Crippen LogP contribution in [-0.2, 0) is 6.42 Å². The zero-order valence-corrected chi connectivity index (χ0v) is 8.51. The van der Waals surface area contributed by atoms with Crippen molar-refractivity contribution in [1.82, 2.24) is 0 Å². The van der Waals surface area contributed by atoms with E-state index in [1.165, 1.54) is 13.2 Å². The summed E-state index contributed by atoms with van der Waals surface area (Å²) in [7, 11) is 1.52. The molecule has 0 amide bonds. The maximum absolute atomic E-state index is 13.5. The summed E-state index contributed by atoms with van der Waals surface area (Å²) in [5.74, 6) is 0.311. The van der Waals surface area contributed by atoms with Crippen LogP contribution in [0.3, 0.4) is 0 Å². The summed E-state index contributed by atoms with van der Waals surface area (Å²) in [5, 5.41) is 8.67. The van der Waals surface area contributed by atoms with Crippen LogP contribution in [0.4, 0.5) is 4.39 Å². The van der Waals surface area contributed by atoms with Crippen LogP contribution in [0.15, 0.2) is 12.1 Å². The lowest BCUT2D eigenvalue weighted by Gasteiger charge is -2.10. The fraction of sp³-hybridized carbons (Fsp3) is 0.455. The van der Waals surface area contributed by atoms with Gasteiger partial charge < -0.3 is 9.84 Å². The number of rotatable bonds is 4. The minimum atomic E-state index is -0.254. The highest BCUT2D eigenvalue weighted by molar-refractivity contribution is 5.38. The number of hydrogen-bond acceptors (Lipinski definition) is 2. The summed E-state index contributed by atoms with van der Waals surface area (Å²) < 4.78 is 18.5. The number of methoxy groups -OCH3 is 1. The van der Waals surface area contributed by atoms with Crippen LogP contribution in [-0.4, -0.2) is 18.8 Å². The van der Waals surface area contributed by atoms with E-state index in [9.17, 15) is 4.39 Å². The highest BCUT2D eigenvalue weighted by Crippen LogP contribution is 2.24. The van der Waals surface area contributed by atoms with Crippen LogP contribution >= 0.6 is 0 Å². The van der Waals surface area contributed by atoms with Gasteiger partial charge in [0.2, 0.25) is 0 Å². The van der Waals surface area contributed by atoms with Gasteiger partial charge in [-0.2, -0.15) is 0 Å². The number of benzene rings is 1. The van der Waals surface area contributed by atoms with Gasteiger partial charge in [0, 0.05) is 12.2 Å². The molecule has 0 unspecified atom stereocenters. The molecule has 78 valence electrons. The van der Waals surface area contributed by atoms with Crippen molar-refractivity contribution in [3.8, 4) is 5.75 Å². The zero-order chi connectivity index (χ0) is 10.6. The molecule has 1 aromatic carbocycles. The van der Waals surface area contributed by atoms with E-state index in [-0.39, 0.29) is 12.4 Å². The van der Waals surface area contributed by atoms with Crippen molar-refractivity contribution in [3.63, 3.8) is 0 Å². The standard InChI is InChI=1S/C11H15FO2/c1-8-6-10(12)9(4-3-5-13)11(7-8)14-2/h6-7,13H,3-5H2,1-2H3. The van der Waals surface area contributed by atoms with E-state index in [0.717, 1.165) is 5.56 Å². The molecule has 0 radical (unpaired) electrons. The average molecular weight is 198 g/mol. The molecular formula is C11H15FO2. The van der Waals surface area contributed by atoms with Crippen molar-refractivity contribution in [2.24, 2.45) is 0 Å². The summed E-state index contributed by atoms with van der Waals surface area (Å²) in [6.07, 6.45) is 1.06. The molecule has 0 bridgehead atoms. The van der Waals surface area contributed by atoms with Crippen LogP contribution in [0.1, 0.15) is 17.5 Å². The van der Waals surface area contributed by atoms with E-state index in [1.807, 2.05) is 6.92 Å². The van der Waals surface area contributed by atoms with E-state index in [1.54, 1.807) is 6.07 Å². The Morgan fingerprint density at radius 1 is 1.43 bits per heavy atom. The van der Waals surface area contributed by atoms with Crippen molar-refractivity contribution >= 4 is 0 Å². The van der Waals surface area contributed by atoms with Gasteiger partial charge in [-0.05, 0) is 37.5 Å². The summed E-state index contributed by atoms with van der Waals surface area (Å²) in [5.41, 5.74) is 1.39. The Balaban J connectivity index is 2.99. The lowest BCUT2D eigenvalue weighted by atomic mass is 10.1. The van der Waals surface area contributed by atoms with Crippen molar-refractivity contribution in [1.29, 1.82) is 0 Å². The Kier molecular flexibility index (Phi) is 3.89. The maximum Gasteiger partial charge on any atom is 0.130 e. The molecule has 0 spiro atoms. The quantitative estimate of drug-likeness (QED) is 0.802. The largest absolute Gasteiger partial charge is 0.496 e. The van der Waals surface area contributed by atoms with E-state index in [2.05, 4.69) is 0 Å². The Labute approximate surface area is 83.3 Å². The SMILES string of the molecule is COc1cc(C)cc(F)c1CCCO. The second-order valence-corrected chi connectivity index (χ2v) is 3.25. The first-order valence-corrected chi connectivity index (χ1v) is 4.63. The smallest absolute Gasteiger partial charge is 0.130 e. The number of aliphatic hydroxyl groups is 1. The van der Waals surface area contributed by atoms with Crippen LogP contribution in [0.25, 0.3) is 0 Å². The van der Waals surface area contributed by atoms with Gasteiger partial charge in [0.05, 0.1) is 7.11 Å². The summed E-state index contributed by atoms with van der Waals surface area (Å²) in [6.45, 7) is 1.89. The number of halogens is 1. The third-order valence-corrected chi connectivity index (χ3v) is 2.10. The van der Waals surface area contributed by atoms with Crippen LogP contribution in [0.5, 0.6) is 5.75 Å². The van der Waals surface area contributed by atoms with Gasteiger partial charge in [-0.3, -0.25) is 0 Å². The lowest BCUT2D eigenvalue weighted by Crippen LogP contribution is -1.99. The van der Waals surface area contributed by atoms with Crippen LogP contribution in [0.2, 0.25) is 0 Å². The molecule has 0 atom stereocenters. The monoisotopic (exact) mass is 198 g/mol. The molecule has 0 saturated heterocycles. The van der Waals surface area contributed by atoms with Crippen molar-refractivity contribution in [2.45, 2.75) is 19.8 Å². The molecule has 0 aliphatic carbocycles. The second kappa shape index (κ2) is 4.96. The molecule has 0 aromatic heterocycles. The number of hydrogen-bond donors (Lipinski definition) is 1. The van der Waals surface area contributed by atoms with Gasteiger partial charge in [-0.25, -0.2) is 4.39 Å². The van der Waals surface area contributed by atoms with Gasteiger partial charge in [0.1, 0.15) is 11.6 Å². The van der Waals surface area contributed by atoms with Crippen molar-refractivity contribution in [2.75, 3.05) is 13.7 Å². The topological polar surface area (TPSA) is 29.5 Å². The van der Waals surface area contributed by atoms with E-state index in [4.69, 9.17) is 9.84 Å². The number of ether oxygens (including phenoxy) is 1. The fourth-order valence-electron chi connectivity index (χ4n) is 1.42. The minimum absolute atomic E-state index is 0.0659. The van der Waals surface area contributed by atoms with E-state index in [0.29, 0.717) is 24.2 Å². The minimum Gasteiger partial charge on any atom is -0.496 e. The predicted molar refractivity (Wildman–Crippen MR) is 53.1 cm³/mol. The predicted octanol–water partition coefficient (Wildman–Crippen LogP) is 2.07. The normalized spacial score (nSPS) is 10.3. The third-order valence-electron chi connectivity index (χ3n) is 2.10. The van der Waals surface area contributed by atoms with Crippen molar-refractivity contribution in [3.05, 3.63) is 29.1 Å². The zero-order valence-electron chi connectivity index (χ0n) is 8.51. The average Bonchev–Trinajstić information content (AvgIpc) is 2.15. The van der Waals surface area contributed by atoms with Crippen molar-refractivity contribution < 1.29 is 14.2 Å². The van der Waals surface area contributed by atoms with E-state index >= 15 is 0 Å². The van der Waals surface area contributed by atoms with E-state index < -0.39 is 0 Å². The molecule has 14 heavy (non-hydrogen) atoms. The first kappa shape index (κ1) is 11.0. The first-order valence-electron chi connectivity index (χ1n) is 4.63. The van der Waals surface area contributed by atoms with Crippen LogP contribution in [0, 0.1) is 12.7 Å².